The topological polar surface area (TPSA) is 30.3 Å². The summed E-state index contributed by atoms with van der Waals surface area (Å²) in [5, 5.41) is 4.62. The molecular weight excluding hydrogens is 226 g/mol. The molecule has 1 aliphatic carbocycles. The van der Waals surface area contributed by atoms with Crippen molar-refractivity contribution in [2.45, 2.75) is 32.2 Å². The Hall–Kier alpha value is -0.870. The van der Waals surface area contributed by atoms with Gasteiger partial charge >= 0.3 is 0 Å². The molecule has 1 fully saturated rings. The highest BCUT2D eigenvalue weighted by Gasteiger charge is 2.31. The standard InChI is InChI=1S/C14H23N3O/c1-3-18-10-13-9-17(6-11-4-5-11)8-12-7-16(2)15-14(12)13/h7,11,13H,3-6,8-10H2,1-2H3/t13-/m1/s1. The van der Waals surface area contributed by atoms with Crippen molar-refractivity contribution >= 4 is 0 Å². The number of nitrogens with zero attached hydrogens (tertiary/aromatic N) is 3. The molecule has 0 N–H and O–H groups in total. The molecule has 3 rings (SSSR count). The van der Waals surface area contributed by atoms with Gasteiger partial charge < -0.3 is 4.74 Å². The number of ether oxygens (including phenoxy) is 1. The van der Waals surface area contributed by atoms with E-state index in [9.17, 15) is 0 Å². The zero-order valence-corrected chi connectivity index (χ0v) is 11.4. The van der Waals surface area contributed by atoms with E-state index < -0.39 is 0 Å². The molecule has 4 nitrogen and oxygen atoms in total. The number of aromatic nitrogens is 2. The van der Waals surface area contributed by atoms with Gasteiger partial charge in [-0.05, 0) is 25.7 Å². The third kappa shape index (κ3) is 2.59. The second-order valence-electron chi connectivity index (χ2n) is 5.71. The van der Waals surface area contributed by atoms with Crippen LogP contribution in [0, 0.1) is 5.92 Å². The maximum absolute atomic E-state index is 5.63. The van der Waals surface area contributed by atoms with Gasteiger partial charge in [0.25, 0.3) is 0 Å². The summed E-state index contributed by atoms with van der Waals surface area (Å²) in [6.07, 6.45) is 5.02. The van der Waals surface area contributed by atoms with E-state index in [1.54, 1.807) is 0 Å². The van der Waals surface area contributed by atoms with E-state index >= 15 is 0 Å². The molecule has 4 heteroatoms. The highest BCUT2D eigenvalue weighted by atomic mass is 16.5. The van der Waals surface area contributed by atoms with E-state index in [4.69, 9.17) is 4.74 Å². The molecule has 2 heterocycles. The van der Waals surface area contributed by atoms with Crippen molar-refractivity contribution in [2.75, 3.05) is 26.3 Å². The van der Waals surface area contributed by atoms with Gasteiger partial charge in [-0.2, -0.15) is 5.10 Å². The van der Waals surface area contributed by atoms with E-state index in [1.807, 2.05) is 11.7 Å². The highest BCUT2D eigenvalue weighted by Crippen LogP contribution is 2.33. The SMILES string of the molecule is CCOC[C@H]1CN(CC2CC2)Cc2cn(C)nc21. The molecular formula is C14H23N3O. The minimum Gasteiger partial charge on any atom is -0.381 e. The van der Waals surface area contributed by atoms with Gasteiger partial charge in [0, 0.05) is 51.0 Å². The average Bonchev–Trinajstić information content (AvgIpc) is 3.06. The summed E-state index contributed by atoms with van der Waals surface area (Å²) in [6, 6.07) is 0. The molecule has 0 saturated heterocycles. The van der Waals surface area contributed by atoms with Crippen LogP contribution in [0.2, 0.25) is 0 Å². The zero-order valence-electron chi connectivity index (χ0n) is 11.4. The van der Waals surface area contributed by atoms with Crippen molar-refractivity contribution in [1.82, 2.24) is 14.7 Å². The second kappa shape index (κ2) is 5.02. The molecule has 0 amide bonds. The fourth-order valence-electron chi connectivity index (χ4n) is 2.92. The number of aryl methyl sites for hydroxylation is 1. The molecule has 0 unspecified atom stereocenters. The lowest BCUT2D eigenvalue weighted by Gasteiger charge is -2.31. The number of rotatable bonds is 5. The van der Waals surface area contributed by atoms with Crippen LogP contribution in [0.1, 0.15) is 36.9 Å². The minimum atomic E-state index is 0.452. The number of fused-ring (bicyclic) bond motifs is 1. The molecule has 0 bridgehead atoms. The number of hydrogen-bond donors (Lipinski definition) is 0. The van der Waals surface area contributed by atoms with Gasteiger partial charge in [0.1, 0.15) is 0 Å². The molecule has 18 heavy (non-hydrogen) atoms. The second-order valence-corrected chi connectivity index (χ2v) is 5.71. The van der Waals surface area contributed by atoms with Gasteiger partial charge in [-0.1, -0.05) is 0 Å². The Morgan fingerprint density at radius 3 is 3.00 bits per heavy atom. The largest absolute Gasteiger partial charge is 0.381 e. The Bertz CT molecular complexity index is 411. The Kier molecular flexibility index (Phi) is 3.39. The van der Waals surface area contributed by atoms with E-state index in [0.717, 1.165) is 32.2 Å². The van der Waals surface area contributed by atoms with Crippen LogP contribution in [0.25, 0.3) is 0 Å². The fourth-order valence-corrected chi connectivity index (χ4v) is 2.92. The van der Waals surface area contributed by atoms with Crippen molar-refractivity contribution in [3.05, 3.63) is 17.5 Å². The molecule has 1 aromatic rings. The first-order valence-electron chi connectivity index (χ1n) is 7.08. The van der Waals surface area contributed by atoms with Crippen LogP contribution in [0.4, 0.5) is 0 Å². The molecule has 0 spiro atoms. The van der Waals surface area contributed by atoms with Crippen LogP contribution in [0.5, 0.6) is 0 Å². The van der Waals surface area contributed by atoms with Gasteiger partial charge in [0.15, 0.2) is 0 Å². The molecule has 1 saturated carbocycles. The summed E-state index contributed by atoms with van der Waals surface area (Å²) in [4.78, 5) is 2.59. The van der Waals surface area contributed by atoms with Gasteiger partial charge in [0.2, 0.25) is 0 Å². The lowest BCUT2D eigenvalue weighted by molar-refractivity contribution is 0.104. The van der Waals surface area contributed by atoms with E-state index in [1.165, 1.54) is 30.6 Å². The molecule has 1 atom stereocenters. The predicted octanol–water partition coefficient (Wildman–Crippen LogP) is 1.77. The summed E-state index contributed by atoms with van der Waals surface area (Å²) in [5.74, 6) is 1.41. The lowest BCUT2D eigenvalue weighted by atomic mass is 9.97. The Morgan fingerprint density at radius 1 is 1.44 bits per heavy atom. The maximum Gasteiger partial charge on any atom is 0.0736 e. The van der Waals surface area contributed by atoms with E-state index in [2.05, 4.69) is 23.1 Å². The first-order chi connectivity index (χ1) is 8.76. The van der Waals surface area contributed by atoms with E-state index in [0.29, 0.717) is 5.92 Å². The quantitative estimate of drug-likeness (QED) is 0.796. The van der Waals surface area contributed by atoms with Crippen LogP contribution >= 0.6 is 0 Å². The highest BCUT2D eigenvalue weighted by molar-refractivity contribution is 5.24. The molecule has 0 radical (unpaired) electrons. The van der Waals surface area contributed by atoms with Crippen molar-refractivity contribution < 1.29 is 4.74 Å². The minimum absolute atomic E-state index is 0.452. The summed E-state index contributed by atoms with van der Waals surface area (Å²) in [7, 11) is 2.02. The Balaban J connectivity index is 1.73. The average molecular weight is 249 g/mol. The maximum atomic E-state index is 5.63. The van der Waals surface area contributed by atoms with Gasteiger partial charge in [-0.15, -0.1) is 0 Å². The van der Waals surface area contributed by atoms with Crippen LogP contribution < -0.4 is 0 Å². The summed E-state index contributed by atoms with van der Waals surface area (Å²) >= 11 is 0. The lowest BCUT2D eigenvalue weighted by Crippen LogP contribution is -2.36. The molecule has 1 aromatic heterocycles. The van der Waals surface area contributed by atoms with Gasteiger partial charge in [-0.3, -0.25) is 9.58 Å². The van der Waals surface area contributed by atoms with Crippen LogP contribution in [0.3, 0.4) is 0 Å². The number of hydrogen-bond acceptors (Lipinski definition) is 3. The first-order valence-corrected chi connectivity index (χ1v) is 7.08. The van der Waals surface area contributed by atoms with Crippen LogP contribution in [-0.4, -0.2) is 41.0 Å². The summed E-state index contributed by atoms with van der Waals surface area (Å²) in [5.41, 5.74) is 2.66. The van der Waals surface area contributed by atoms with Crippen LogP contribution in [-0.2, 0) is 18.3 Å². The van der Waals surface area contributed by atoms with Crippen molar-refractivity contribution in [3.63, 3.8) is 0 Å². The van der Waals surface area contributed by atoms with Gasteiger partial charge in [-0.25, -0.2) is 0 Å². The molecule has 1 aliphatic heterocycles. The third-order valence-electron chi connectivity index (χ3n) is 3.93. The Morgan fingerprint density at radius 2 is 2.28 bits per heavy atom. The smallest absolute Gasteiger partial charge is 0.0736 e. The van der Waals surface area contributed by atoms with Crippen molar-refractivity contribution in [3.8, 4) is 0 Å². The molecule has 100 valence electrons. The summed E-state index contributed by atoms with van der Waals surface area (Å²) in [6.45, 7) is 7.10. The van der Waals surface area contributed by atoms with Crippen molar-refractivity contribution in [2.24, 2.45) is 13.0 Å². The van der Waals surface area contributed by atoms with E-state index in [-0.39, 0.29) is 0 Å². The monoisotopic (exact) mass is 249 g/mol. The van der Waals surface area contributed by atoms with Crippen molar-refractivity contribution in [1.29, 1.82) is 0 Å². The fraction of sp³-hybridized carbons (Fsp3) is 0.786. The molecule has 2 aliphatic rings. The first kappa shape index (κ1) is 12.2. The molecule has 0 aromatic carbocycles. The predicted molar refractivity (Wildman–Crippen MR) is 70.4 cm³/mol. The zero-order chi connectivity index (χ0) is 12.5. The normalized spacial score (nSPS) is 24.2. The third-order valence-corrected chi connectivity index (χ3v) is 3.93. The van der Waals surface area contributed by atoms with Crippen LogP contribution in [0.15, 0.2) is 6.20 Å². The summed E-state index contributed by atoms with van der Waals surface area (Å²) < 4.78 is 7.58. The van der Waals surface area contributed by atoms with Gasteiger partial charge in [0.05, 0.1) is 12.3 Å². The Labute approximate surface area is 109 Å².